The summed E-state index contributed by atoms with van der Waals surface area (Å²) < 4.78 is 13.7. The summed E-state index contributed by atoms with van der Waals surface area (Å²) in [5, 5.41) is 6.58. The third kappa shape index (κ3) is 3.36. The second-order valence-corrected chi connectivity index (χ2v) is 5.26. The van der Waals surface area contributed by atoms with Crippen LogP contribution in [0.4, 0.5) is 10.2 Å². The molecule has 3 rings (SSSR count). The van der Waals surface area contributed by atoms with Crippen LogP contribution < -0.4 is 10.6 Å². The molecule has 2 heterocycles. The predicted molar refractivity (Wildman–Crippen MR) is 80.6 cm³/mol. The second-order valence-electron chi connectivity index (χ2n) is 5.26. The quantitative estimate of drug-likeness (QED) is 0.907. The maximum Gasteiger partial charge on any atom is 0.148 e. The minimum atomic E-state index is -0.197. The van der Waals surface area contributed by atoms with Crippen molar-refractivity contribution in [2.45, 2.75) is 25.3 Å². The molecule has 1 aliphatic heterocycles. The Morgan fingerprint density at radius 3 is 2.71 bits per heavy atom. The van der Waals surface area contributed by atoms with E-state index >= 15 is 0 Å². The van der Waals surface area contributed by atoms with Gasteiger partial charge in [0.15, 0.2) is 0 Å². The summed E-state index contributed by atoms with van der Waals surface area (Å²) in [4.78, 5) is 8.87. The summed E-state index contributed by atoms with van der Waals surface area (Å²) in [6.45, 7) is 2.44. The lowest BCUT2D eigenvalue weighted by atomic mass is 9.94. The van der Waals surface area contributed by atoms with Gasteiger partial charge in [0.25, 0.3) is 0 Å². The van der Waals surface area contributed by atoms with E-state index in [9.17, 15) is 4.39 Å². The summed E-state index contributed by atoms with van der Waals surface area (Å²) in [5.74, 6) is 0.994. The van der Waals surface area contributed by atoms with Crippen LogP contribution in [-0.2, 0) is 6.54 Å². The van der Waals surface area contributed by atoms with Gasteiger partial charge in [-0.15, -0.1) is 0 Å². The van der Waals surface area contributed by atoms with Crippen molar-refractivity contribution >= 4 is 5.82 Å². The Labute approximate surface area is 123 Å². The Hall–Kier alpha value is -2.01. The highest BCUT2D eigenvalue weighted by Gasteiger charge is 2.20. The first-order chi connectivity index (χ1) is 10.3. The van der Waals surface area contributed by atoms with E-state index in [1.165, 1.54) is 6.07 Å². The molecular weight excluding hydrogens is 267 g/mol. The molecule has 0 saturated carbocycles. The van der Waals surface area contributed by atoms with E-state index in [0.717, 1.165) is 37.4 Å². The van der Waals surface area contributed by atoms with Crippen molar-refractivity contribution < 1.29 is 4.39 Å². The zero-order chi connectivity index (χ0) is 14.5. The number of nitrogens with one attached hydrogen (secondary N) is 2. The summed E-state index contributed by atoms with van der Waals surface area (Å²) >= 11 is 0. The molecule has 1 fully saturated rings. The number of hydrogen-bond acceptors (Lipinski definition) is 4. The average molecular weight is 286 g/mol. The van der Waals surface area contributed by atoms with Crippen molar-refractivity contribution in [1.82, 2.24) is 15.3 Å². The number of halogens is 1. The third-order valence-electron chi connectivity index (χ3n) is 3.86. The molecule has 0 amide bonds. The number of hydrogen-bond donors (Lipinski definition) is 2. The fourth-order valence-corrected chi connectivity index (χ4v) is 2.70. The van der Waals surface area contributed by atoms with E-state index < -0.39 is 0 Å². The fourth-order valence-electron chi connectivity index (χ4n) is 2.70. The van der Waals surface area contributed by atoms with E-state index in [0.29, 0.717) is 18.0 Å². The zero-order valence-electron chi connectivity index (χ0n) is 11.8. The van der Waals surface area contributed by atoms with Crippen LogP contribution in [-0.4, -0.2) is 23.1 Å². The summed E-state index contributed by atoms with van der Waals surface area (Å²) in [7, 11) is 0. The minimum absolute atomic E-state index is 0.197. The van der Waals surface area contributed by atoms with Gasteiger partial charge in [0.2, 0.25) is 0 Å². The van der Waals surface area contributed by atoms with Gasteiger partial charge >= 0.3 is 0 Å². The molecule has 0 aliphatic carbocycles. The molecule has 0 radical (unpaired) electrons. The van der Waals surface area contributed by atoms with Gasteiger partial charge in [-0.05, 0) is 32.0 Å². The number of aromatic nitrogens is 2. The standard InChI is InChI=1S/C16H19FN4/c17-14-4-2-1-3-13(14)11-21-16-15(19-9-10-20-16)12-5-7-18-8-6-12/h1-4,9-10,12,18H,5-8,11H2,(H,20,21). The van der Waals surface area contributed by atoms with Crippen molar-refractivity contribution in [1.29, 1.82) is 0 Å². The molecule has 0 unspecified atom stereocenters. The monoisotopic (exact) mass is 286 g/mol. The Morgan fingerprint density at radius 2 is 1.90 bits per heavy atom. The van der Waals surface area contributed by atoms with E-state index in [2.05, 4.69) is 20.6 Å². The summed E-state index contributed by atoms with van der Waals surface area (Å²) in [6.07, 6.45) is 5.53. The Morgan fingerprint density at radius 1 is 1.14 bits per heavy atom. The molecular formula is C16H19FN4. The summed E-state index contributed by atoms with van der Waals surface area (Å²) in [5.41, 5.74) is 1.63. The van der Waals surface area contributed by atoms with Crippen molar-refractivity contribution in [3.63, 3.8) is 0 Å². The van der Waals surface area contributed by atoms with Gasteiger partial charge < -0.3 is 10.6 Å². The normalized spacial score (nSPS) is 15.9. The highest BCUT2D eigenvalue weighted by Crippen LogP contribution is 2.28. The first-order valence-electron chi connectivity index (χ1n) is 7.33. The number of piperidine rings is 1. The van der Waals surface area contributed by atoms with Gasteiger partial charge in [0, 0.05) is 30.4 Å². The molecule has 0 spiro atoms. The van der Waals surface area contributed by atoms with Gasteiger partial charge in [0.1, 0.15) is 11.6 Å². The topological polar surface area (TPSA) is 49.8 Å². The van der Waals surface area contributed by atoms with E-state index in [1.54, 1.807) is 24.5 Å². The Balaban J connectivity index is 1.74. The Kier molecular flexibility index (Phi) is 4.40. The molecule has 1 aliphatic rings. The molecule has 0 bridgehead atoms. The van der Waals surface area contributed by atoms with Crippen LogP contribution >= 0.6 is 0 Å². The van der Waals surface area contributed by atoms with Gasteiger partial charge in [-0.1, -0.05) is 18.2 Å². The molecule has 0 atom stereocenters. The van der Waals surface area contributed by atoms with Crippen LogP contribution in [0.15, 0.2) is 36.7 Å². The van der Waals surface area contributed by atoms with Crippen LogP contribution in [0, 0.1) is 5.82 Å². The molecule has 21 heavy (non-hydrogen) atoms. The van der Waals surface area contributed by atoms with Crippen molar-refractivity contribution in [3.8, 4) is 0 Å². The zero-order valence-corrected chi connectivity index (χ0v) is 11.8. The van der Waals surface area contributed by atoms with E-state index in [1.807, 2.05) is 6.07 Å². The first kappa shape index (κ1) is 13.9. The lowest BCUT2D eigenvalue weighted by Gasteiger charge is -2.23. The first-order valence-corrected chi connectivity index (χ1v) is 7.33. The fraction of sp³-hybridized carbons (Fsp3) is 0.375. The minimum Gasteiger partial charge on any atom is -0.364 e. The van der Waals surface area contributed by atoms with Crippen LogP contribution in [0.25, 0.3) is 0 Å². The highest BCUT2D eigenvalue weighted by atomic mass is 19.1. The van der Waals surface area contributed by atoms with Crippen molar-refractivity contribution in [2.75, 3.05) is 18.4 Å². The van der Waals surface area contributed by atoms with E-state index in [4.69, 9.17) is 0 Å². The van der Waals surface area contributed by atoms with Gasteiger partial charge in [-0.2, -0.15) is 0 Å². The van der Waals surface area contributed by atoms with Gasteiger partial charge in [-0.3, -0.25) is 4.98 Å². The van der Waals surface area contributed by atoms with Gasteiger partial charge in [0.05, 0.1) is 5.69 Å². The summed E-state index contributed by atoms with van der Waals surface area (Å²) in [6, 6.07) is 6.79. The smallest absolute Gasteiger partial charge is 0.148 e. The number of benzene rings is 1. The van der Waals surface area contributed by atoms with Gasteiger partial charge in [-0.25, -0.2) is 9.37 Å². The van der Waals surface area contributed by atoms with Crippen LogP contribution in [0.1, 0.15) is 30.0 Å². The lowest BCUT2D eigenvalue weighted by molar-refractivity contribution is 0.453. The molecule has 110 valence electrons. The molecule has 2 aromatic rings. The van der Waals surface area contributed by atoms with Crippen LogP contribution in [0.3, 0.4) is 0 Å². The lowest BCUT2D eigenvalue weighted by Crippen LogP contribution is -2.27. The molecule has 4 nitrogen and oxygen atoms in total. The van der Waals surface area contributed by atoms with Crippen LogP contribution in [0.2, 0.25) is 0 Å². The van der Waals surface area contributed by atoms with Crippen molar-refractivity contribution in [2.24, 2.45) is 0 Å². The van der Waals surface area contributed by atoms with Crippen LogP contribution in [0.5, 0.6) is 0 Å². The molecule has 1 aromatic carbocycles. The number of rotatable bonds is 4. The molecule has 1 saturated heterocycles. The Bertz CT molecular complexity index is 596. The number of nitrogens with zero attached hydrogens (tertiary/aromatic N) is 2. The maximum atomic E-state index is 13.7. The average Bonchev–Trinajstić information content (AvgIpc) is 2.55. The van der Waals surface area contributed by atoms with Crippen molar-refractivity contribution in [3.05, 3.63) is 53.7 Å². The molecule has 2 N–H and O–H groups in total. The second kappa shape index (κ2) is 6.63. The highest BCUT2D eigenvalue weighted by molar-refractivity contribution is 5.42. The molecule has 5 heteroatoms. The number of anilines is 1. The predicted octanol–water partition coefficient (Wildman–Crippen LogP) is 2.69. The SMILES string of the molecule is Fc1ccccc1CNc1nccnc1C1CCNCC1. The molecule has 1 aromatic heterocycles. The third-order valence-corrected chi connectivity index (χ3v) is 3.86. The largest absolute Gasteiger partial charge is 0.364 e. The maximum absolute atomic E-state index is 13.7. The van der Waals surface area contributed by atoms with E-state index in [-0.39, 0.29) is 5.82 Å².